The summed E-state index contributed by atoms with van der Waals surface area (Å²) in [7, 11) is 0. The number of nitrogens with one attached hydrogen (secondary N) is 1. The van der Waals surface area contributed by atoms with Gasteiger partial charge in [-0.3, -0.25) is 4.79 Å². The maximum Gasteiger partial charge on any atom is 0.321 e. The zero-order valence-corrected chi connectivity index (χ0v) is 13.0. The molecule has 2 N–H and O–H groups in total. The number of carbonyl (C=O) groups excluding carboxylic acids is 1. The van der Waals surface area contributed by atoms with Crippen LogP contribution in [0.5, 0.6) is 5.75 Å². The number of carbonyl (C=O) groups is 2. The maximum atomic E-state index is 12.2. The second-order valence-corrected chi connectivity index (χ2v) is 5.44. The van der Waals surface area contributed by atoms with Crippen LogP contribution in [0.15, 0.2) is 18.2 Å². The Balaban J connectivity index is 1.94. The van der Waals surface area contributed by atoms with Gasteiger partial charge in [0.25, 0.3) is 0 Å². The molecule has 2 amide bonds. The summed E-state index contributed by atoms with van der Waals surface area (Å²) in [5.41, 5.74) is 1.67. The number of benzene rings is 1. The Kier molecular flexibility index (Phi) is 5.25. The van der Waals surface area contributed by atoms with Gasteiger partial charge < -0.3 is 20.1 Å². The van der Waals surface area contributed by atoms with Crippen molar-refractivity contribution in [3.63, 3.8) is 0 Å². The highest BCUT2D eigenvalue weighted by Gasteiger charge is 2.27. The zero-order valence-electron chi connectivity index (χ0n) is 13.0. The van der Waals surface area contributed by atoms with Crippen molar-refractivity contribution >= 4 is 17.7 Å². The standard InChI is InChI=1S/C16H22N2O4/c1-3-22-13-4-5-14(11(2)10-13)17-16(21)18-8-6-12(7-9-18)15(19)20/h4-5,10,12H,3,6-9H2,1-2H3,(H,17,21)(H,19,20). The minimum atomic E-state index is -0.776. The van der Waals surface area contributed by atoms with Crippen LogP contribution in [0.4, 0.5) is 10.5 Å². The normalized spacial score (nSPS) is 15.5. The molecule has 0 radical (unpaired) electrons. The van der Waals surface area contributed by atoms with Crippen LogP contribution in [0, 0.1) is 12.8 Å². The number of anilines is 1. The number of hydrogen-bond acceptors (Lipinski definition) is 3. The van der Waals surface area contributed by atoms with E-state index in [2.05, 4.69) is 5.32 Å². The fourth-order valence-electron chi connectivity index (χ4n) is 2.56. The van der Waals surface area contributed by atoms with Gasteiger partial charge in [-0.1, -0.05) is 0 Å². The Morgan fingerprint density at radius 2 is 2.05 bits per heavy atom. The molecule has 0 atom stereocenters. The van der Waals surface area contributed by atoms with Gasteiger partial charge in [0.15, 0.2) is 0 Å². The van der Waals surface area contributed by atoms with Gasteiger partial charge in [-0.15, -0.1) is 0 Å². The number of carboxylic acids is 1. The van der Waals surface area contributed by atoms with E-state index < -0.39 is 5.97 Å². The number of piperidine rings is 1. The van der Waals surface area contributed by atoms with Gasteiger partial charge in [0.2, 0.25) is 0 Å². The van der Waals surface area contributed by atoms with Crippen LogP contribution in [-0.4, -0.2) is 41.7 Å². The lowest BCUT2D eigenvalue weighted by Crippen LogP contribution is -2.42. The van der Waals surface area contributed by atoms with Gasteiger partial charge >= 0.3 is 12.0 Å². The van der Waals surface area contributed by atoms with Crippen molar-refractivity contribution in [2.75, 3.05) is 25.0 Å². The first-order valence-electron chi connectivity index (χ1n) is 7.53. The van der Waals surface area contributed by atoms with Crippen LogP contribution in [0.3, 0.4) is 0 Å². The van der Waals surface area contributed by atoms with Gasteiger partial charge in [-0.05, 0) is 50.5 Å². The van der Waals surface area contributed by atoms with Crippen LogP contribution in [0.2, 0.25) is 0 Å². The van der Waals surface area contributed by atoms with E-state index in [4.69, 9.17) is 9.84 Å². The Labute approximate surface area is 130 Å². The van der Waals surface area contributed by atoms with E-state index in [0.29, 0.717) is 32.5 Å². The molecule has 0 bridgehead atoms. The first-order valence-corrected chi connectivity index (χ1v) is 7.53. The highest BCUT2D eigenvalue weighted by molar-refractivity contribution is 5.90. The van der Waals surface area contributed by atoms with E-state index in [-0.39, 0.29) is 11.9 Å². The van der Waals surface area contributed by atoms with E-state index in [0.717, 1.165) is 17.0 Å². The van der Waals surface area contributed by atoms with E-state index in [1.165, 1.54) is 0 Å². The molecule has 6 heteroatoms. The number of aliphatic carboxylic acids is 1. The molecule has 1 fully saturated rings. The van der Waals surface area contributed by atoms with Crippen molar-refractivity contribution in [3.05, 3.63) is 23.8 Å². The smallest absolute Gasteiger partial charge is 0.321 e. The molecule has 0 spiro atoms. The van der Waals surface area contributed by atoms with Crippen molar-refractivity contribution in [2.45, 2.75) is 26.7 Å². The third kappa shape index (κ3) is 3.90. The van der Waals surface area contributed by atoms with Crippen molar-refractivity contribution in [3.8, 4) is 5.75 Å². The maximum absolute atomic E-state index is 12.2. The van der Waals surface area contributed by atoms with E-state index in [9.17, 15) is 9.59 Å². The van der Waals surface area contributed by atoms with Crippen molar-refractivity contribution < 1.29 is 19.4 Å². The number of carboxylic acid groups (broad SMARTS) is 1. The van der Waals surface area contributed by atoms with Gasteiger partial charge in [0.1, 0.15) is 5.75 Å². The van der Waals surface area contributed by atoms with E-state index in [1.54, 1.807) is 4.90 Å². The van der Waals surface area contributed by atoms with Crippen molar-refractivity contribution in [2.24, 2.45) is 5.92 Å². The molecule has 1 aromatic carbocycles. The predicted octanol–water partition coefficient (Wildman–Crippen LogP) is 2.72. The number of hydrogen-bond donors (Lipinski definition) is 2. The molecule has 0 saturated carbocycles. The lowest BCUT2D eigenvalue weighted by molar-refractivity contribution is -0.143. The lowest BCUT2D eigenvalue weighted by atomic mass is 9.97. The molecule has 22 heavy (non-hydrogen) atoms. The van der Waals surface area contributed by atoms with Crippen molar-refractivity contribution in [1.82, 2.24) is 4.90 Å². The minimum Gasteiger partial charge on any atom is -0.494 e. The zero-order chi connectivity index (χ0) is 16.1. The molecule has 1 aliphatic heterocycles. The molecule has 2 rings (SSSR count). The summed E-state index contributed by atoms with van der Waals surface area (Å²) in [5, 5.41) is 11.9. The number of rotatable bonds is 4. The summed E-state index contributed by atoms with van der Waals surface area (Å²) in [6.07, 6.45) is 1.01. The van der Waals surface area contributed by atoms with E-state index in [1.807, 2.05) is 32.0 Å². The average Bonchev–Trinajstić information content (AvgIpc) is 2.50. The Bertz CT molecular complexity index is 551. The first kappa shape index (κ1) is 16.1. The minimum absolute atomic E-state index is 0.184. The number of nitrogens with zero attached hydrogens (tertiary/aromatic N) is 1. The third-order valence-corrected chi connectivity index (χ3v) is 3.88. The fraction of sp³-hybridized carbons (Fsp3) is 0.500. The second kappa shape index (κ2) is 7.15. The van der Waals surface area contributed by atoms with Gasteiger partial charge in [0, 0.05) is 18.8 Å². The lowest BCUT2D eigenvalue weighted by Gasteiger charge is -2.30. The van der Waals surface area contributed by atoms with Crippen LogP contribution < -0.4 is 10.1 Å². The first-order chi connectivity index (χ1) is 10.5. The van der Waals surface area contributed by atoms with Gasteiger partial charge in [-0.2, -0.15) is 0 Å². The molecule has 120 valence electrons. The third-order valence-electron chi connectivity index (χ3n) is 3.88. The molecule has 1 aromatic rings. The van der Waals surface area contributed by atoms with Gasteiger partial charge in [-0.25, -0.2) is 4.79 Å². The van der Waals surface area contributed by atoms with Crippen LogP contribution in [0.1, 0.15) is 25.3 Å². The average molecular weight is 306 g/mol. The highest BCUT2D eigenvalue weighted by atomic mass is 16.5. The molecule has 1 aliphatic rings. The molecule has 0 aliphatic carbocycles. The SMILES string of the molecule is CCOc1ccc(NC(=O)N2CCC(C(=O)O)CC2)c(C)c1. The molecule has 0 aromatic heterocycles. The number of urea groups is 1. The molecule has 1 heterocycles. The number of aryl methyl sites for hydroxylation is 1. The number of ether oxygens (including phenoxy) is 1. The summed E-state index contributed by atoms with van der Waals surface area (Å²) in [5.74, 6) is -0.334. The summed E-state index contributed by atoms with van der Waals surface area (Å²) in [6, 6.07) is 5.34. The molecule has 0 unspecified atom stereocenters. The summed E-state index contributed by atoms with van der Waals surface area (Å²) in [4.78, 5) is 24.8. The highest BCUT2D eigenvalue weighted by Crippen LogP contribution is 2.23. The van der Waals surface area contributed by atoms with Crippen LogP contribution in [-0.2, 0) is 4.79 Å². The van der Waals surface area contributed by atoms with Gasteiger partial charge in [0.05, 0.1) is 12.5 Å². The number of likely N-dealkylation sites (tertiary alicyclic amines) is 1. The predicted molar refractivity (Wildman–Crippen MR) is 83.3 cm³/mol. The van der Waals surface area contributed by atoms with Crippen LogP contribution >= 0.6 is 0 Å². The Morgan fingerprint density at radius 1 is 1.36 bits per heavy atom. The topological polar surface area (TPSA) is 78.9 Å². The Morgan fingerprint density at radius 3 is 2.59 bits per heavy atom. The quantitative estimate of drug-likeness (QED) is 0.896. The van der Waals surface area contributed by atoms with Crippen LogP contribution in [0.25, 0.3) is 0 Å². The Hall–Kier alpha value is -2.24. The molecule has 6 nitrogen and oxygen atoms in total. The molecular formula is C16H22N2O4. The summed E-state index contributed by atoms with van der Waals surface area (Å²) in [6.45, 7) is 5.38. The largest absolute Gasteiger partial charge is 0.494 e. The second-order valence-electron chi connectivity index (χ2n) is 5.44. The molecule has 1 saturated heterocycles. The number of amides is 2. The summed E-state index contributed by atoms with van der Waals surface area (Å²) < 4.78 is 5.42. The summed E-state index contributed by atoms with van der Waals surface area (Å²) >= 11 is 0. The monoisotopic (exact) mass is 306 g/mol. The fourth-order valence-corrected chi connectivity index (χ4v) is 2.56. The molecular weight excluding hydrogens is 284 g/mol. The van der Waals surface area contributed by atoms with E-state index >= 15 is 0 Å². The van der Waals surface area contributed by atoms with Crippen molar-refractivity contribution in [1.29, 1.82) is 0 Å².